The summed E-state index contributed by atoms with van der Waals surface area (Å²) in [4.78, 5) is 67.0. The molecule has 3 amide bonds. The molecule has 3 N–H and O–H groups in total. The SMILES string of the molecule is CC(C)[C@H](NC(=O)CN1CCOCC1)C(=O)N1CCC[C@H]1C(=O)N[C@@H](CC(=O)O)C(=O)COc1ccccc1. The van der Waals surface area contributed by atoms with E-state index in [1.807, 2.05) is 18.7 Å². The summed E-state index contributed by atoms with van der Waals surface area (Å²) >= 11 is 0. The molecule has 0 unspecified atom stereocenters. The molecule has 2 saturated heterocycles. The van der Waals surface area contributed by atoms with Crippen LogP contribution in [0.5, 0.6) is 5.75 Å². The van der Waals surface area contributed by atoms with E-state index in [4.69, 9.17) is 9.47 Å². The number of likely N-dealkylation sites (tertiary alicyclic amines) is 1. The highest BCUT2D eigenvalue weighted by molar-refractivity contribution is 5.96. The molecule has 39 heavy (non-hydrogen) atoms. The summed E-state index contributed by atoms with van der Waals surface area (Å²) in [5, 5.41) is 14.7. The van der Waals surface area contributed by atoms with Gasteiger partial charge < -0.3 is 30.1 Å². The standard InChI is InChI=1S/C27H38N4O8/c1-18(2)25(29-23(33)16-30-11-13-38-14-12-30)27(37)31-10-6-9-21(31)26(36)28-20(15-24(34)35)22(32)17-39-19-7-4-3-5-8-19/h3-5,7-8,18,20-21,25H,6,9-17H2,1-2H3,(H,28,36)(H,29,33)(H,34,35)/t20-,21-,25-/m0/s1. The molecule has 214 valence electrons. The van der Waals surface area contributed by atoms with E-state index in [1.54, 1.807) is 30.3 Å². The number of hydrogen-bond acceptors (Lipinski definition) is 8. The van der Waals surface area contributed by atoms with Gasteiger partial charge in [0.05, 0.1) is 26.2 Å². The van der Waals surface area contributed by atoms with Crippen LogP contribution in [0, 0.1) is 5.92 Å². The van der Waals surface area contributed by atoms with Gasteiger partial charge in [0.15, 0.2) is 5.78 Å². The maximum absolute atomic E-state index is 13.5. The molecule has 2 aliphatic rings. The van der Waals surface area contributed by atoms with Crippen molar-refractivity contribution in [3.8, 4) is 5.75 Å². The Morgan fingerprint density at radius 2 is 1.74 bits per heavy atom. The Hall–Kier alpha value is -3.51. The molecular weight excluding hydrogens is 508 g/mol. The molecule has 0 aromatic heterocycles. The monoisotopic (exact) mass is 546 g/mol. The summed E-state index contributed by atoms with van der Waals surface area (Å²) in [5.74, 6) is -2.92. The van der Waals surface area contributed by atoms with Gasteiger partial charge in [0, 0.05) is 19.6 Å². The zero-order valence-electron chi connectivity index (χ0n) is 22.5. The third-order valence-corrected chi connectivity index (χ3v) is 6.77. The van der Waals surface area contributed by atoms with Crippen LogP contribution >= 0.6 is 0 Å². The van der Waals surface area contributed by atoms with Gasteiger partial charge in [0.1, 0.15) is 30.5 Å². The second-order valence-corrected chi connectivity index (χ2v) is 10.1. The summed E-state index contributed by atoms with van der Waals surface area (Å²) < 4.78 is 10.7. The van der Waals surface area contributed by atoms with E-state index in [2.05, 4.69) is 10.6 Å². The fraction of sp³-hybridized carbons (Fsp3) is 0.593. The quantitative estimate of drug-likeness (QED) is 0.311. The highest BCUT2D eigenvalue weighted by atomic mass is 16.5. The van der Waals surface area contributed by atoms with Gasteiger partial charge in [-0.1, -0.05) is 32.0 Å². The second kappa shape index (κ2) is 14.6. The summed E-state index contributed by atoms with van der Waals surface area (Å²) in [7, 11) is 0. The molecule has 0 saturated carbocycles. The van der Waals surface area contributed by atoms with Crippen molar-refractivity contribution in [2.75, 3.05) is 46.0 Å². The molecule has 0 radical (unpaired) electrons. The highest BCUT2D eigenvalue weighted by Gasteiger charge is 2.40. The largest absolute Gasteiger partial charge is 0.486 e. The van der Waals surface area contributed by atoms with Gasteiger partial charge in [0.2, 0.25) is 17.7 Å². The Labute approximate surface area is 228 Å². The molecule has 0 aliphatic carbocycles. The lowest BCUT2D eigenvalue weighted by atomic mass is 10.0. The van der Waals surface area contributed by atoms with E-state index in [1.165, 1.54) is 4.90 Å². The number of carboxylic acid groups (broad SMARTS) is 1. The van der Waals surface area contributed by atoms with Crippen LogP contribution in [0.25, 0.3) is 0 Å². The first kappa shape index (κ1) is 30.0. The molecule has 2 aliphatic heterocycles. The molecule has 0 spiro atoms. The van der Waals surface area contributed by atoms with Crippen molar-refractivity contribution < 1.29 is 38.6 Å². The minimum atomic E-state index is -1.31. The maximum atomic E-state index is 13.5. The number of rotatable bonds is 13. The molecule has 1 aromatic rings. The smallest absolute Gasteiger partial charge is 0.305 e. The number of ether oxygens (including phenoxy) is 2. The number of carbonyl (C=O) groups excluding carboxylic acids is 4. The second-order valence-electron chi connectivity index (χ2n) is 10.1. The number of nitrogens with one attached hydrogen (secondary N) is 2. The Morgan fingerprint density at radius 1 is 1.05 bits per heavy atom. The van der Waals surface area contributed by atoms with Crippen LogP contribution in [0.4, 0.5) is 0 Å². The Kier molecular flexibility index (Phi) is 11.2. The van der Waals surface area contributed by atoms with Gasteiger partial charge in [0.25, 0.3) is 0 Å². The Balaban J connectivity index is 1.62. The van der Waals surface area contributed by atoms with Crippen molar-refractivity contribution in [2.45, 2.75) is 51.2 Å². The molecule has 12 nitrogen and oxygen atoms in total. The summed E-state index contributed by atoms with van der Waals surface area (Å²) in [5.41, 5.74) is 0. The van der Waals surface area contributed by atoms with Crippen LogP contribution in [-0.4, -0.2) is 109 Å². The van der Waals surface area contributed by atoms with Crippen LogP contribution < -0.4 is 15.4 Å². The van der Waals surface area contributed by atoms with E-state index >= 15 is 0 Å². The van der Waals surface area contributed by atoms with Crippen LogP contribution in [0.15, 0.2) is 30.3 Å². The van der Waals surface area contributed by atoms with Gasteiger partial charge in [-0.25, -0.2) is 0 Å². The first-order valence-electron chi connectivity index (χ1n) is 13.3. The van der Waals surface area contributed by atoms with Crippen LogP contribution in [0.1, 0.15) is 33.1 Å². The third kappa shape index (κ3) is 9.03. The summed E-state index contributed by atoms with van der Waals surface area (Å²) in [6.45, 7) is 6.04. The molecule has 12 heteroatoms. The van der Waals surface area contributed by atoms with E-state index in [-0.39, 0.29) is 24.3 Å². The number of aliphatic carboxylic acids is 1. The highest BCUT2D eigenvalue weighted by Crippen LogP contribution is 2.21. The average molecular weight is 547 g/mol. The van der Waals surface area contributed by atoms with Gasteiger partial charge in [-0.2, -0.15) is 0 Å². The van der Waals surface area contributed by atoms with Crippen molar-refractivity contribution in [1.82, 2.24) is 20.4 Å². The number of carboxylic acids is 1. The fourth-order valence-electron chi connectivity index (χ4n) is 4.64. The first-order chi connectivity index (χ1) is 18.7. The number of nitrogens with zero attached hydrogens (tertiary/aromatic N) is 2. The number of benzene rings is 1. The van der Waals surface area contributed by atoms with Crippen molar-refractivity contribution in [2.24, 2.45) is 5.92 Å². The molecule has 3 atom stereocenters. The lowest BCUT2D eigenvalue weighted by Gasteiger charge is -2.32. The summed E-state index contributed by atoms with van der Waals surface area (Å²) in [6.07, 6.45) is 0.305. The van der Waals surface area contributed by atoms with E-state index < -0.39 is 48.8 Å². The van der Waals surface area contributed by atoms with Crippen LogP contribution in [0.2, 0.25) is 0 Å². The van der Waals surface area contributed by atoms with Crippen LogP contribution in [-0.2, 0) is 28.7 Å². The predicted octanol–water partition coefficient (Wildman–Crippen LogP) is 0.0580. The van der Waals surface area contributed by atoms with Gasteiger partial charge in [-0.3, -0.25) is 28.9 Å². The van der Waals surface area contributed by atoms with Crippen LogP contribution in [0.3, 0.4) is 0 Å². The molecule has 2 fully saturated rings. The lowest BCUT2D eigenvalue weighted by Crippen LogP contribution is -2.57. The van der Waals surface area contributed by atoms with Crippen molar-refractivity contribution in [3.63, 3.8) is 0 Å². The van der Waals surface area contributed by atoms with Crippen molar-refractivity contribution in [1.29, 1.82) is 0 Å². The first-order valence-corrected chi connectivity index (χ1v) is 13.3. The van der Waals surface area contributed by atoms with E-state index in [0.717, 1.165) is 0 Å². The Morgan fingerprint density at radius 3 is 2.38 bits per heavy atom. The van der Waals surface area contributed by atoms with Crippen molar-refractivity contribution in [3.05, 3.63) is 30.3 Å². The van der Waals surface area contributed by atoms with Gasteiger partial charge in [-0.05, 0) is 30.9 Å². The fourth-order valence-corrected chi connectivity index (χ4v) is 4.64. The lowest BCUT2D eigenvalue weighted by molar-refractivity contribution is -0.144. The molecule has 0 bridgehead atoms. The van der Waals surface area contributed by atoms with E-state index in [0.29, 0.717) is 51.4 Å². The zero-order valence-corrected chi connectivity index (χ0v) is 22.5. The molecule has 3 rings (SSSR count). The number of amides is 3. The topological polar surface area (TPSA) is 155 Å². The predicted molar refractivity (Wildman–Crippen MR) is 140 cm³/mol. The number of morpholine rings is 1. The van der Waals surface area contributed by atoms with Gasteiger partial charge in [-0.15, -0.1) is 0 Å². The minimum Gasteiger partial charge on any atom is -0.486 e. The Bertz CT molecular complexity index is 1010. The normalized spacial score (nSPS) is 19.3. The number of Topliss-reactive ketones (excluding diaryl/α,β-unsaturated/α-hetero) is 1. The molecule has 2 heterocycles. The maximum Gasteiger partial charge on any atom is 0.305 e. The molecular formula is C27H38N4O8. The van der Waals surface area contributed by atoms with Crippen molar-refractivity contribution >= 4 is 29.5 Å². The number of carbonyl (C=O) groups is 5. The zero-order chi connectivity index (χ0) is 28.4. The van der Waals surface area contributed by atoms with Gasteiger partial charge >= 0.3 is 5.97 Å². The molecule has 1 aromatic carbocycles. The number of hydrogen-bond donors (Lipinski definition) is 3. The number of para-hydroxylation sites is 1. The third-order valence-electron chi connectivity index (χ3n) is 6.77. The summed E-state index contributed by atoms with van der Waals surface area (Å²) in [6, 6.07) is 5.54. The number of ketones is 1. The average Bonchev–Trinajstić information content (AvgIpc) is 3.41. The van der Waals surface area contributed by atoms with E-state index in [9.17, 15) is 29.1 Å². The minimum absolute atomic E-state index is 0.147.